The Kier molecular flexibility index (Phi) is 5.11. The Morgan fingerprint density at radius 3 is 2.54 bits per heavy atom. The van der Waals surface area contributed by atoms with Gasteiger partial charge in [0.2, 0.25) is 0 Å². The second-order valence-electron chi connectivity index (χ2n) is 6.17. The van der Waals surface area contributed by atoms with Crippen molar-refractivity contribution in [3.63, 3.8) is 0 Å². The number of benzene rings is 3. The summed E-state index contributed by atoms with van der Waals surface area (Å²) in [7, 11) is 0. The maximum atomic E-state index is 13.4. The summed E-state index contributed by atoms with van der Waals surface area (Å²) in [6, 6.07) is 21.1. The highest BCUT2D eigenvalue weighted by molar-refractivity contribution is 9.10. The lowest BCUT2D eigenvalue weighted by molar-refractivity contribution is 0.102. The van der Waals surface area contributed by atoms with Crippen molar-refractivity contribution in [3.8, 4) is 11.3 Å². The number of halogens is 3. The van der Waals surface area contributed by atoms with E-state index in [2.05, 4.69) is 21.2 Å². The van der Waals surface area contributed by atoms with Gasteiger partial charge in [-0.25, -0.2) is 9.37 Å². The van der Waals surface area contributed by atoms with Crippen LogP contribution in [0.1, 0.15) is 10.4 Å². The van der Waals surface area contributed by atoms with Gasteiger partial charge in [-0.3, -0.25) is 4.79 Å². The number of carbonyl (C=O) groups is 1. The summed E-state index contributed by atoms with van der Waals surface area (Å²) in [5.41, 5.74) is 3.18. The highest BCUT2D eigenvalue weighted by Gasteiger charge is 2.15. The first-order chi connectivity index (χ1) is 13.5. The molecular weight excluding hydrogens is 443 g/mol. The van der Waals surface area contributed by atoms with E-state index in [0.29, 0.717) is 27.8 Å². The topological polar surface area (TPSA) is 42.0 Å². The fourth-order valence-electron chi connectivity index (χ4n) is 2.91. The average molecular weight is 456 g/mol. The number of pyridine rings is 1. The molecule has 0 saturated heterocycles. The number of anilines is 1. The van der Waals surface area contributed by atoms with Crippen LogP contribution in [0.4, 0.5) is 10.1 Å². The van der Waals surface area contributed by atoms with Gasteiger partial charge in [0, 0.05) is 21.1 Å². The van der Waals surface area contributed by atoms with Crippen molar-refractivity contribution in [1.82, 2.24) is 4.98 Å². The molecule has 4 aromatic rings. The average Bonchev–Trinajstić information content (AvgIpc) is 2.70. The Balaban J connectivity index is 1.82. The molecule has 0 atom stereocenters. The minimum Gasteiger partial charge on any atom is -0.322 e. The van der Waals surface area contributed by atoms with Crippen LogP contribution >= 0.6 is 27.5 Å². The van der Waals surface area contributed by atoms with Crippen LogP contribution in [0.5, 0.6) is 0 Å². The molecule has 0 fully saturated rings. The Morgan fingerprint density at radius 2 is 1.79 bits per heavy atom. The first kappa shape index (κ1) is 18.6. The van der Waals surface area contributed by atoms with E-state index in [0.717, 1.165) is 10.0 Å². The van der Waals surface area contributed by atoms with E-state index in [1.165, 1.54) is 18.2 Å². The van der Waals surface area contributed by atoms with Crippen LogP contribution in [0.2, 0.25) is 5.02 Å². The Bertz CT molecular complexity index is 1200. The summed E-state index contributed by atoms with van der Waals surface area (Å²) in [4.78, 5) is 17.7. The highest BCUT2D eigenvalue weighted by atomic mass is 79.9. The fourth-order valence-corrected chi connectivity index (χ4v) is 3.46. The maximum absolute atomic E-state index is 13.4. The zero-order valence-electron chi connectivity index (χ0n) is 14.4. The number of amides is 1. The third-order valence-corrected chi connectivity index (χ3v) is 5.05. The minimum absolute atomic E-state index is 0.0508. The van der Waals surface area contributed by atoms with Gasteiger partial charge in [0.25, 0.3) is 5.91 Å². The normalized spacial score (nSPS) is 10.8. The van der Waals surface area contributed by atoms with Crippen molar-refractivity contribution in [3.05, 3.63) is 93.7 Å². The third kappa shape index (κ3) is 3.77. The van der Waals surface area contributed by atoms with Gasteiger partial charge in [-0.15, -0.1) is 0 Å². The van der Waals surface area contributed by atoms with Crippen LogP contribution in [0.15, 0.2) is 77.3 Å². The molecule has 138 valence electrons. The molecule has 1 amide bonds. The molecule has 0 unspecified atom stereocenters. The van der Waals surface area contributed by atoms with Gasteiger partial charge in [0.15, 0.2) is 0 Å². The summed E-state index contributed by atoms with van der Waals surface area (Å²) in [5, 5.41) is 3.44. The number of rotatable bonds is 3. The first-order valence-electron chi connectivity index (χ1n) is 8.43. The number of hydrogen-bond donors (Lipinski definition) is 1. The zero-order chi connectivity index (χ0) is 19.7. The second kappa shape index (κ2) is 7.70. The van der Waals surface area contributed by atoms with Gasteiger partial charge >= 0.3 is 0 Å². The summed E-state index contributed by atoms with van der Waals surface area (Å²) >= 11 is 9.27. The number of carbonyl (C=O) groups excluding carboxylic acids is 1. The molecule has 6 heteroatoms. The molecule has 0 saturated carbocycles. The molecule has 3 nitrogen and oxygen atoms in total. The van der Waals surface area contributed by atoms with Gasteiger partial charge < -0.3 is 5.32 Å². The molecule has 1 N–H and O–H groups in total. The summed E-state index contributed by atoms with van der Waals surface area (Å²) in [6.07, 6.45) is 0. The van der Waals surface area contributed by atoms with Gasteiger partial charge in [0.1, 0.15) is 5.82 Å². The van der Waals surface area contributed by atoms with E-state index in [1.54, 1.807) is 6.07 Å². The quantitative estimate of drug-likeness (QED) is 0.373. The third-order valence-electron chi connectivity index (χ3n) is 4.26. The van der Waals surface area contributed by atoms with Gasteiger partial charge in [-0.1, -0.05) is 57.9 Å². The van der Waals surface area contributed by atoms with Crippen molar-refractivity contribution in [2.75, 3.05) is 5.32 Å². The Labute approximate surface area is 174 Å². The van der Waals surface area contributed by atoms with E-state index < -0.39 is 5.82 Å². The Morgan fingerprint density at radius 1 is 1.00 bits per heavy atom. The lowest BCUT2D eigenvalue weighted by atomic mass is 10.0. The van der Waals surface area contributed by atoms with E-state index in [9.17, 15) is 9.18 Å². The molecular formula is C22H13BrClFN2O. The predicted molar refractivity (Wildman–Crippen MR) is 114 cm³/mol. The largest absolute Gasteiger partial charge is 0.322 e. The zero-order valence-corrected chi connectivity index (χ0v) is 16.8. The standard InChI is InChI=1S/C22H13BrClFN2O/c23-14-6-9-20-16(10-14)17(12-21(27-20)13-4-2-1-3-5-13)22(28)26-15-7-8-19(25)18(24)11-15/h1-12H,(H,26,28). The van der Waals surface area contributed by atoms with E-state index in [1.807, 2.05) is 48.5 Å². The number of nitrogens with one attached hydrogen (secondary N) is 1. The van der Waals surface area contributed by atoms with Crippen molar-refractivity contribution >= 4 is 50.0 Å². The molecule has 0 aliphatic rings. The molecule has 0 aliphatic heterocycles. The van der Waals surface area contributed by atoms with Crippen LogP contribution in [0.25, 0.3) is 22.2 Å². The SMILES string of the molecule is O=C(Nc1ccc(F)c(Cl)c1)c1cc(-c2ccccc2)nc2ccc(Br)cc12. The number of fused-ring (bicyclic) bond motifs is 1. The Hall–Kier alpha value is -2.76. The van der Waals surface area contributed by atoms with Crippen LogP contribution in [0, 0.1) is 5.82 Å². The number of nitrogens with zero attached hydrogens (tertiary/aromatic N) is 1. The van der Waals surface area contributed by atoms with E-state index in [4.69, 9.17) is 16.6 Å². The molecule has 0 radical (unpaired) electrons. The monoisotopic (exact) mass is 454 g/mol. The van der Waals surface area contributed by atoms with E-state index in [-0.39, 0.29) is 10.9 Å². The molecule has 1 heterocycles. The van der Waals surface area contributed by atoms with E-state index >= 15 is 0 Å². The smallest absolute Gasteiger partial charge is 0.256 e. The molecule has 0 spiro atoms. The first-order valence-corrected chi connectivity index (χ1v) is 9.60. The van der Waals surface area contributed by atoms with Crippen LogP contribution < -0.4 is 5.32 Å². The maximum Gasteiger partial charge on any atom is 0.256 e. The molecule has 4 rings (SSSR count). The molecule has 1 aromatic heterocycles. The van der Waals surface area contributed by atoms with Gasteiger partial charge in [-0.05, 0) is 42.5 Å². The lowest BCUT2D eigenvalue weighted by Gasteiger charge is -2.11. The molecule has 0 aliphatic carbocycles. The summed E-state index contributed by atoms with van der Waals surface area (Å²) < 4.78 is 14.2. The predicted octanol–water partition coefficient (Wildman–Crippen LogP) is 6.71. The highest BCUT2D eigenvalue weighted by Crippen LogP contribution is 2.28. The number of aromatic nitrogens is 1. The van der Waals surface area contributed by atoms with Gasteiger partial charge in [-0.2, -0.15) is 0 Å². The molecule has 28 heavy (non-hydrogen) atoms. The summed E-state index contributed by atoms with van der Waals surface area (Å²) in [6.45, 7) is 0. The number of hydrogen-bond acceptors (Lipinski definition) is 2. The van der Waals surface area contributed by atoms with Crippen molar-refractivity contribution in [1.29, 1.82) is 0 Å². The fraction of sp³-hybridized carbons (Fsp3) is 0. The second-order valence-corrected chi connectivity index (χ2v) is 7.49. The molecule has 0 bridgehead atoms. The van der Waals surface area contributed by atoms with Crippen molar-refractivity contribution in [2.24, 2.45) is 0 Å². The van der Waals surface area contributed by atoms with Crippen LogP contribution in [-0.2, 0) is 0 Å². The summed E-state index contributed by atoms with van der Waals surface area (Å²) in [5.74, 6) is -0.866. The van der Waals surface area contributed by atoms with Crippen molar-refractivity contribution < 1.29 is 9.18 Å². The van der Waals surface area contributed by atoms with Crippen LogP contribution in [0.3, 0.4) is 0 Å². The molecule has 3 aromatic carbocycles. The lowest BCUT2D eigenvalue weighted by Crippen LogP contribution is -2.13. The van der Waals surface area contributed by atoms with Crippen molar-refractivity contribution in [2.45, 2.75) is 0 Å². The van der Waals surface area contributed by atoms with Crippen LogP contribution in [-0.4, -0.2) is 10.9 Å². The van der Waals surface area contributed by atoms with Gasteiger partial charge in [0.05, 0.1) is 21.8 Å². The minimum atomic E-state index is -0.538.